The summed E-state index contributed by atoms with van der Waals surface area (Å²) in [4.78, 5) is 11.4. The highest BCUT2D eigenvalue weighted by atomic mass is 16.3. The average molecular weight is 176 g/mol. The zero-order chi connectivity index (χ0) is 9.59. The molecule has 68 valence electrons. The molecule has 0 aliphatic heterocycles. The molecular formula is C11H12O2. The molecule has 1 atom stereocenters. The van der Waals surface area contributed by atoms with Crippen LogP contribution in [0.15, 0.2) is 12.1 Å². The number of carbonyl (C=O) groups is 1. The molecular weight excluding hydrogens is 164 g/mol. The van der Waals surface area contributed by atoms with Gasteiger partial charge < -0.3 is 5.11 Å². The van der Waals surface area contributed by atoms with Crippen LogP contribution in [0.5, 0.6) is 5.75 Å². The van der Waals surface area contributed by atoms with Crippen molar-refractivity contribution in [3.05, 3.63) is 28.8 Å². The zero-order valence-corrected chi connectivity index (χ0v) is 7.79. The second-order valence-corrected chi connectivity index (χ2v) is 3.72. The van der Waals surface area contributed by atoms with E-state index in [1.54, 1.807) is 6.07 Å². The molecule has 2 nitrogen and oxygen atoms in total. The molecule has 1 N–H and O–H groups in total. The molecule has 0 saturated heterocycles. The maximum atomic E-state index is 11.4. The van der Waals surface area contributed by atoms with E-state index < -0.39 is 0 Å². The Morgan fingerprint density at radius 1 is 1.46 bits per heavy atom. The van der Waals surface area contributed by atoms with E-state index in [1.807, 2.05) is 19.9 Å². The van der Waals surface area contributed by atoms with Crippen molar-refractivity contribution < 1.29 is 9.90 Å². The number of carbonyl (C=O) groups excluding carboxylic acids is 1. The van der Waals surface area contributed by atoms with Gasteiger partial charge in [0.25, 0.3) is 0 Å². The maximum Gasteiger partial charge on any atom is 0.163 e. The van der Waals surface area contributed by atoms with Gasteiger partial charge in [-0.1, -0.05) is 19.1 Å². The summed E-state index contributed by atoms with van der Waals surface area (Å²) >= 11 is 0. The number of hydrogen-bond donors (Lipinski definition) is 1. The van der Waals surface area contributed by atoms with Crippen LogP contribution in [0.4, 0.5) is 0 Å². The van der Waals surface area contributed by atoms with Crippen LogP contribution in [0.25, 0.3) is 0 Å². The lowest BCUT2D eigenvalue weighted by Crippen LogP contribution is -1.91. The van der Waals surface area contributed by atoms with Crippen molar-refractivity contribution in [2.24, 2.45) is 0 Å². The van der Waals surface area contributed by atoms with Crippen molar-refractivity contribution in [2.75, 3.05) is 0 Å². The molecule has 0 bridgehead atoms. The lowest BCUT2D eigenvalue weighted by molar-refractivity contribution is 0.0990. The number of phenols is 1. The van der Waals surface area contributed by atoms with E-state index >= 15 is 0 Å². The van der Waals surface area contributed by atoms with Gasteiger partial charge in [-0.3, -0.25) is 4.79 Å². The Balaban J connectivity index is 2.70. The number of Topliss-reactive ketones (excluding diaryl/α,β-unsaturated/α-hetero) is 1. The molecule has 0 radical (unpaired) electrons. The minimum absolute atomic E-state index is 0.151. The number of aromatic hydroxyl groups is 1. The molecule has 1 aromatic carbocycles. The highest BCUT2D eigenvalue weighted by Crippen LogP contribution is 2.39. The van der Waals surface area contributed by atoms with Gasteiger partial charge in [0, 0.05) is 17.5 Å². The van der Waals surface area contributed by atoms with Crippen LogP contribution in [0.1, 0.15) is 40.7 Å². The average Bonchev–Trinajstić information content (AvgIpc) is 2.35. The van der Waals surface area contributed by atoms with Crippen LogP contribution < -0.4 is 0 Å². The first-order valence-electron chi connectivity index (χ1n) is 4.47. The molecule has 0 saturated carbocycles. The van der Waals surface area contributed by atoms with Crippen molar-refractivity contribution in [1.29, 1.82) is 0 Å². The molecule has 2 rings (SSSR count). The first kappa shape index (κ1) is 8.30. The maximum absolute atomic E-state index is 11.4. The van der Waals surface area contributed by atoms with Crippen LogP contribution in [0.2, 0.25) is 0 Å². The summed E-state index contributed by atoms with van der Waals surface area (Å²) in [6.07, 6.45) is 0.534. The molecule has 0 heterocycles. The monoisotopic (exact) mass is 176 g/mol. The SMILES string of the molecule is Cc1ccc2c(c1O)C(C)CC2=O. The van der Waals surface area contributed by atoms with E-state index in [0.717, 1.165) is 11.1 Å². The number of phenolic OH excluding ortho intramolecular Hbond substituents is 1. The Bertz CT molecular complexity index is 380. The van der Waals surface area contributed by atoms with Crippen molar-refractivity contribution in [3.63, 3.8) is 0 Å². The Kier molecular flexibility index (Phi) is 1.65. The highest BCUT2D eigenvalue weighted by molar-refractivity contribution is 6.02. The van der Waals surface area contributed by atoms with Crippen molar-refractivity contribution >= 4 is 5.78 Å². The summed E-state index contributed by atoms with van der Waals surface area (Å²) in [6, 6.07) is 3.61. The predicted octanol–water partition coefficient (Wildman–Crippen LogP) is 2.39. The van der Waals surface area contributed by atoms with Crippen LogP contribution in [0, 0.1) is 6.92 Å². The van der Waals surface area contributed by atoms with Crippen LogP contribution in [-0.2, 0) is 0 Å². The van der Waals surface area contributed by atoms with Crippen molar-refractivity contribution in [1.82, 2.24) is 0 Å². The summed E-state index contributed by atoms with van der Waals surface area (Å²) in [5, 5.41) is 9.75. The Morgan fingerprint density at radius 2 is 2.15 bits per heavy atom. The van der Waals surface area contributed by atoms with Gasteiger partial charge in [-0.2, -0.15) is 0 Å². The number of rotatable bonds is 0. The van der Waals surface area contributed by atoms with Crippen LogP contribution in [0.3, 0.4) is 0 Å². The van der Waals surface area contributed by atoms with Crippen molar-refractivity contribution in [3.8, 4) is 5.75 Å². The topological polar surface area (TPSA) is 37.3 Å². The van der Waals surface area contributed by atoms with Gasteiger partial charge in [0.2, 0.25) is 0 Å². The number of fused-ring (bicyclic) bond motifs is 1. The van der Waals surface area contributed by atoms with Gasteiger partial charge in [-0.15, -0.1) is 0 Å². The molecule has 2 heteroatoms. The third kappa shape index (κ3) is 1.05. The molecule has 0 spiro atoms. The summed E-state index contributed by atoms with van der Waals surface area (Å²) < 4.78 is 0. The van der Waals surface area contributed by atoms with Gasteiger partial charge in [0.05, 0.1) is 0 Å². The summed E-state index contributed by atoms with van der Waals surface area (Å²) in [7, 11) is 0. The second-order valence-electron chi connectivity index (χ2n) is 3.72. The highest BCUT2D eigenvalue weighted by Gasteiger charge is 2.29. The molecule has 1 aromatic rings. The largest absolute Gasteiger partial charge is 0.507 e. The summed E-state index contributed by atoms with van der Waals surface area (Å²) in [5.41, 5.74) is 2.39. The zero-order valence-electron chi connectivity index (χ0n) is 7.79. The minimum Gasteiger partial charge on any atom is -0.507 e. The van der Waals surface area contributed by atoms with Crippen LogP contribution >= 0.6 is 0 Å². The minimum atomic E-state index is 0.151. The standard InChI is InChI=1S/C11H12O2/c1-6-3-4-8-9(12)5-7(2)10(8)11(6)13/h3-4,7,13H,5H2,1-2H3. The van der Waals surface area contributed by atoms with Gasteiger partial charge in [-0.25, -0.2) is 0 Å². The third-order valence-corrected chi connectivity index (χ3v) is 2.70. The fourth-order valence-corrected chi connectivity index (χ4v) is 1.95. The number of hydrogen-bond acceptors (Lipinski definition) is 2. The Hall–Kier alpha value is -1.31. The number of ketones is 1. The van der Waals surface area contributed by atoms with E-state index in [-0.39, 0.29) is 11.7 Å². The smallest absolute Gasteiger partial charge is 0.163 e. The van der Waals surface area contributed by atoms with E-state index in [2.05, 4.69) is 0 Å². The van der Waals surface area contributed by atoms with E-state index in [1.165, 1.54) is 0 Å². The fraction of sp³-hybridized carbons (Fsp3) is 0.364. The first-order valence-corrected chi connectivity index (χ1v) is 4.47. The number of aryl methyl sites for hydroxylation is 1. The summed E-state index contributed by atoms with van der Waals surface area (Å²) in [5.74, 6) is 0.621. The first-order chi connectivity index (χ1) is 6.11. The molecule has 1 aliphatic carbocycles. The molecule has 1 unspecified atom stereocenters. The number of benzene rings is 1. The van der Waals surface area contributed by atoms with Gasteiger partial charge in [-0.05, 0) is 18.4 Å². The molecule has 0 aromatic heterocycles. The molecule has 13 heavy (non-hydrogen) atoms. The van der Waals surface area contributed by atoms with E-state index in [0.29, 0.717) is 17.7 Å². The van der Waals surface area contributed by atoms with Crippen LogP contribution in [-0.4, -0.2) is 10.9 Å². The predicted molar refractivity (Wildman–Crippen MR) is 50.2 cm³/mol. The Morgan fingerprint density at radius 3 is 2.85 bits per heavy atom. The molecule has 1 aliphatic rings. The molecule has 0 fully saturated rings. The molecule has 0 amide bonds. The quantitative estimate of drug-likeness (QED) is 0.659. The lowest BCUT2D eigenvalue weighted by atomic mass is 10.00. The van der Waals surface area contributed by atoms with E-state index in [9.17, 15) is 9.90 Å². The van der Waals surface area contributed by atoms with Crippen molar-refractivity contribution in [2.45, 2.75) is 26.2 Å². The second kappa shape index (κ2) is 2.59. The lowest BCUT2D eigenvalue weighted by Gasteiger charge is -2.08. The third-order valence-electron chi connectivity index (χ3n) is 2.70. The Labute approximate surface area is 77.2 Å². The normalized spacial score (nSPS) is 20.5. The van der Waals surface area contributed by atoms with Gasteiger partial charge >= 0.3 is 0 Å². The van der Waals surface area contributed by atoms with Gasteiger partial charge in [0.1, 0.15) is 5.75 Å². The van der Waals surface area contributed by atoms with Gasteiger partial charge in [0.15, 0.2) is 5.78 Å². The fourth-order valence-electron chi connectivity index (χ4n) is 1.95. The summed E-state index contributed by atoms with van der Waals surface area (Å²) in [6.45, 7) is 3.83. The van der Waals surface area contributed by atoms with E-state index in [4.69, 9.17) is 0 Å².